The summed E-state index contributed by atoms with van der Waals surface area (Å²) in [6.45, 7) is 10.2. The van der Waals surface area contributed by atoms with Gasteiger partial charge in [-0.05, 0) is 55.3 Å². The second-order valence-corrected chi connectivity index (χ2v) is 7.16. The highest BCUT2D eigenvalue weighted by Crippen LogP contribution is 2.31. The molecule has 2 nitrogen and oxygen atoms in total. The summed E-state index contributed by atoms with van der Waals surface area (Å²) in [7, 11) is 0. The van der Waals surface area contributed by atoms with Crippen molar-refractivity contribution < 1.29 is 4.74 Å². The second-order valence-electron chi connectivity index (χ2n) is 7.16. The topological polar surface area (TPSA) is 21.3 Å². The molecule has 1 aromatic carbocycles. The molecule has 0 heterocycles. The molecule has 112 valence electrons. The van der Waals surface area contributed by atoms with Crippen molar-refractivity contribution in [3.05, 3.63) is 29.8 Å². The van der Waals surface area contributed by atoms with Gasteiger partial charge in [-0.3, -0.25) is 0 Å². The van der Waals surface area contributed by atoms with E-state index in [0.717, 1.165) is 18.7 Å². The number of hydrogen-bond acceptors (Lipinski definition) is 2. The molecule has 0 amide bonds. The Bertz CT molecular complexity index is 400. The number of rotatable bonds is 7. The summed E-state index contributed by atoms with van der Waals surface area (Å²) in [4.78, 5) is 0. The van der Waals surface area contributed by atoms with Crippen molar-refractivity contribution in [3.63, 3.8) is 0 Å². The Labute approximate surface area is 123 Å². The molecule has 1 unspecified atom stereocenters. The van der Waals surface area contributed by atoms with E-state index in [1.54, 1.807) is 0 Å². The number of hydrogen-bond donors (Lipinski definition) is 1. The largest absolute Gasteiger partial charge is 0.490 e. The molecular weight excluding hydrogens is 246 g/mol. The van der Waals surface area contributed by atoms with Crippen LogP contribution in [0, 0.1) is 5.41 Å². The summed E-state index contributed by atoms with van der Waals surface area (Å²) in [6, 6.07) is 9.12. The fourth-order valence-corrected chi connectivity index (χ4v) is 2.40. The quantitative estimate of drug-likeness (QED) is 0.778. The Balaban J connectivity index is 2.02. The predicted octanol–water partition coefficient (Wildman–Crippen LogP) is 4.70. The van der Waals surface area contributed by atoms with Gasteiger partial charge in [0, 0.05) is 6.04 Å². The van der Waals surface area contributed by atoms with Crippen LogP contribution in [0.15, 0.2) is 24.3 Å². The molecule has 1 atom stereocenters. The second kappa shape index (κ2) is 6.62. The maximum atomic E-state index is 5.82. The standard InChI is InChI=1S/C18H29NO/c1-5-12-19-17(13-18(2,3)4)14-6-8-15(9-7-14)20-16-10-11-16/h6-9,16-17,19H,5,10-13H2,1-4H3. The van der Waals surface area contributed by atoms with Crippen LogP contribution in [0.3, 0.4) is 0 Å². The Hall–Kier alpha value is -1.02. The molecule has 1 aliphatic rings. The van der Waals surface area contributed by atoms with Crippen LogP contribution in [0.5, 0.6) is 5.75 Å². The average Bonchev–Trinajstić information content (AvgIpc) is 3.18. The van der Waals surface area contributed by atoms with Gasteiger partial charge in [-0.15, -0.1) is 0 Å². The first-order chi connectivity index (χ1) is 9.48. The number of ether oxygens (including phenoxy) is 1. The van der Waals surface area contributed by atoms with Crippen molar-refractivity contribution in [3.8, 4) is 5.75 Å². The highest BCUT2D eigenvalue weighted by atomic mass is 16.5. The van der Waals surface area contributed by atoms with Crippen LogP contribution >= 0.6 is 0 Å². The van der Waals surface area contributed by atoms with E-state index in [0.29, 0.717) is 17.6 Å². The summed E-state index contributed by atoms with van der Waals surface area (Å²) in [5, 5.41) is 3.67. The first kappa shape index (κ1) is 15.4. The smallest absolute Gasteiger partial charge is 0.119 e. The van der Waals surface area contributed by atoms with Gasteiger partial charge in [-0.2, -0.15) is 0 Å². The Morgan fingerprint density at radius 3 is 2.35 bits per heavy atom. The van der Waals surface area contributed by atoms with Gasteiger partial charge >= 0.3 is 0 Å². The maximum absolute atomic E-state index is 5.82. The molecule has 1 N–H and O–H groups in total. The van der Waals surface area contributed by atoms with Crippen molar-refractivity contribution in [2.75, 3.05) is 6.54 Å². The normalized spacial score (nSPS) is 17.0. The molecule has 1 fully saturated rings. The molecule has 2 heteroatoms. The fraction of sp³-hybridized carbons (Fsp3) is 0.667. The summed E-state index contributed by atoms with van der Waals surface area (Å²) in [5.41, 5.74) is 1.70. The van der Waals surface area contributed by atoms with Crippen LogP contribution in [0.4, 0.5) is 0 Å². The summed E-state index contributed by atoms with van der Waals surface area (Å²) >= 11 is 0. The molecule has 0 bridgehead atoms. The van der Waals surface area contributed by atoms with Crippen LogP contribution in [-0.4, -0.2) is 12.6 Å². The molecule has 1 aliphatic carbocycles. The van der Waals surface area contributed by atoms with E-state index < -0.39 is 0 Å². The zero-order valence-electron chi connectivity index (χ0n) is 13.4. The Kier molecular flexibility index (Phi) is 5.09. The van der Waals surface area contributed by atoms with Crippen LogP contribution in [0.25, 0.3) is 0 Å². The molecular formula is C18H29NO. The van der Waals surface area contributed by atoms with E-state index in [-0.39, 0.29) is 0 Å². The minimum atomic E-state index is 0.328. The number of nitrogens with one attached hydrogen (secondary N) is 1. The van der Waals surface area contributed by atoms with Crippen LogP contribution in [0.2, 0.25) is 0 Å². The molecule has 2 rings (SSSR count). The first-order valence-electron chi connectivity index (χ1n) is 7.98. The minimum Gasteiger partial charge on any atom is -0.490 e. The highest BCUT2D eigenvalue weighted by molar-refractivity contribution is 5.29. The Morgan fingerprint density at radius 2 is 1.85 bits per heavy atom. The highest BCUT2D eigenvalue weighted by Gasteiger charge is 2.24. The summed E-state index contributed by atoms with van der Waals surface area (Å²) in [6.07, 6.45) is 5.22. The molecule has 0 radical (unpaired) electrons. The molecule has 1 saturated carbocycles. The van der Waals surface area contributed by atoms with E-state index in [9.17, 15) is 0 Å². The third kappa shape index (κ3) is 5.16. The van der Waals surface area contributed by atoms with Gasteiger partial charge in [0.2, 0.25) is 0 Å². The summed E-state index contributed by atoms with van der Waals surface area (Å²) in [5.74, 6) is 1.02. The van der Waals surface area contributed by atoms with Crippen molar-refractivity contribution in [1.29, 1.82) is 0 Å². The zero-order valence-corrected chi connectivity index (χ0v) is 13.4. The zero-order chi connectivity index (χ0) is 14.6. The van der Waals surface area contributed by atoms with Gasteiger partial charge in [0.05, 0.1) is 6.10 Å². The molecule has 0 spiro atoms. The number of benzene rings is 1. The van der Waals surface area contributed by atoms with E-state index in [4.69, 9.17) is 4.74 Å². The molecule has 20 heavy (non-hydrogen) atoms. The third-order valence-corrected chi connectivity index (χ3v) is 3.57. The van der Waals surface area contributed by atoms with Gasteiger partial charge in [0.25, 0.3) is 0 Å². The lowest BCUT2D eigenvalue weighted by Crippen LogP contribution is -2.26. The van der Waals surface area contributed by atoms with E-state index in [2.05, 4.69) is 57.3 Å². The van der Waals surface area contributed by atoms with Crippen LogP contribution < -0.4 is 10.1 Å². The monoisotopic (exact) mass is 275 g/mol. The van der Waals surface area contributed by atoms with Gasteiger partial charge in [-0.1, -0.05) is 39.8 Å². The lowest BCUT2D eigenvalue weighted by atomic mass is 9.85. The average molecular weight is 275 g/mol. The SMILES string of the molecule is CCCNC(CC(C)(C)C)c1ccc(OC2CC2)cc1. The predicted molar refractivity (Wildman–Crippen MR) is 85.2 cm³/mol. The van der Waals surface area contributed by atoms with Gasteiger partial charge in [-0.25, -0.2) is 0 Å². The maximum Gasteiger partial charge on any atom is 0.119 e. The molecule has 0 saturated heterocycles. The molecule has 0 aliphatic heterocycles. The van der Waals surface area contributed by atoms with Crippen molar-refractivity contribution in [2.24, 2.45) is 5.41 Å². The minimum absolute atomic E-state index is 0.328. The van der Waals surface area contributed by atoms with E-state index in [1.165, 1.54) is 24.8 Å². The lowest BCUT2D eigenvalue weighted by Gasteiger charge is -2.27. The fourth-order valence-electron chi connectivity index (χ4n) is 2.40. The van der Waals surface area contributed by atoms with Gasteiger partial charge in [0.1, 0.15) is 5.75 Å². The van der Waals surface area contributed by atoms with Crippen molar-refractivity contribution >= 4 is 0 Å². The lowest BCUT2D eigenvalue weighted by molar-refractivity contribution is 0.301. The molecule has 1 aromatic rings. The van der Waals surface area contributed by atoms with Crippen LogP contribution in [0.1, 0.15) is 65.0 Å². The molecule has 0 aromatic heterocycles. The third-order valence-electron chi connectivity index (χ3n) is 3.57. The van der Waals surface area contributed by atoms with Crippen molar-refractivity contribution in [1.82, 2.24) is 5.32 Å². The van der Waals surface area contributed by atoms with E-state index >= 15 is 0 Å². The first-order valence-corrected chi connectivity index (χ1v) is 7.98. The Morgan fingerprint density at radius 1 is 1.20 bits per heavy atom. The van der Waals surface area contributed by atoms with Crippen molar-refractivity contribution in [2.45, 2.75) is 65.5 Å². The van der Waals surface area contributed by atoms with Crippen LogP contribution in [-0.2, 0) is 0 Å². The summed E-state index contributed by atoms with van der Waals surface area (Å²) < 4.78 is 5.82. The van der Waals surface area contributed by atoms with Gasteiger partial charge in [0.15, 0.2) is 0 Å². The van der Waals surface area contributed by atoms with Gasteiger partial charge < -0.3 is 10.1 Å². The van der Waals surface area contributed by atoms with E-state index in [1.807, 2.05) is 0 Å².